The lowest BCUT2D eigenvalue weighted by Gasteiger charge is -2.45. The van der Waals surface area contributed by atoms with Gasteiger partial charge in [0.05, 0.1) is 16.7 Å². The molecule has 0 aromatic carbocycles. The molecule has 1 aliphatic carbocycles. The molecule has 0 unspecified atom stereocenters. The van der Waals surface area contributed by atoms with Gasteiger partial charge in [0.1, 0.15) is 15.0 Å². The molecule has 2 aliphatic rings. The highest BCUT2D eigenvalue weighted by molar-refractivity contribution is 7.90. The maximum Gasteiger partial charge on any atom is 0.192 e. The Morgan fingerprint density at radius 3 is 2.48 bits per heavy atom. The molecule has 33 heavy (non-hydrogen) atoms. The summed E-state index contributed by atoms with van der Waals surface area (Å²) in [5.41, 5.74) is 1.07. The van der Waals surface area contributed by atoms with Crippen molar-refractivity contribution in [2.24, 2.45) is 11.3 Å². The summed E-state index contributed by atoms with van der Waals surface area (Å²) in [6.45, 7) is 14.4. The average molecular weight is 513 g/mol. The van der Waals surface area contributed by atoms with Crippen LogP contribution >= 0.6 is 11.6 Å². The molecule has 3 heterocycles. The van der Waals surface area contributed by atoms with Crippen molar-refractivity contribution in [2.75, 3.05) is 36.6 Å². The van der Waals surface area contributed by atoms with Gasteiger partial charge in [-0.25, -0.2) is 13.4 Å². The van der Waals surface area contributed by atoms with Crippen molar-refractivity contribution in [1.82, 2.24) is 14.8 Å². The smallest absolute Gasteiger partial charge is 0.192 e. The van der Waals surface area contributed by atoms with Gasteiger partial charge in [0.2, 0.25) is 0 Å². The molecular formula is C23H37ClN4O3SSi. The van der Waals surface area contributed by atoms with Gasteiger partial charge in [-0.1, -0.05) is 38.8 Å². The Morgan fingerprint density at radius 2 is 1.94 bits per heavy atom. The van der Waals surface area contributed by atoms with E-state index in [0.29, 0.717) is 18.2 Å². The van der Waals surface area contributed by atoms with Gasteiger partial charge in [0.25, 0.3) is 0 Å². The van der Waals surface area contributed by atoms with Gasteiger partial charge in [-0.15, -0.1) is 0 Å². The van der Waals surface area contributed by atoms with Crippen molar-refractivity contribution in [3.8, 4) is 0 Å². The predicted molar refractivity (Wildman–Crippen MR) is 137 cm³/mol. The molecule has 4 rings (SSSR count). The quantitative estimate of drug-likeness (QED) is 0.375. The zero-order valence-corrected chi connectivity index (χ0v) is 23.3. The zero-order chi connectivity index (χ0) is 24.2. The Labute approximate surface area is 203 Å². The second-order valence-corrected chi connectivity index (χ2v) is 19.2. The van der Waals surface area contributed by atoms with Crippen LogP contribution in [0.25, 0.3) is 10.9 Å². The molecule has 0 N–H and O–H groups in total. The van der Waals surface area contributed by atoms with Crippen LogP contribution in [-0.2, 0) is 20.8 Å². The number of sulfone groups is 1. The minimum Gasteiger partial charge on any atom is -0.416 e. The first-order valence-corrected chi connectivity index (χ1v) is 17.1. The summed E-state index contributed by atoms with van der Waals surface area (Å²) in [5.74, 6) is 1.25. The third kappa shape index (κ3) is 5.26. The van der Waals surface area contributed by atoms with Crippen molar-refractivity contribution in [1.29, 1.82) is 0 Å². The minimum atomic E-state index is -2.97. The van der Waals surface area contributed by atoms with Crippen LogP contribution in [0.3, 0.4) is 0 Å². The minimum absolute atomic E-state index is 0.0925. The molecule has 0 spiro atoms. The highest BCUT2D eigenvalue weighted by atomic mass is 35.5. The number of aromatic nitrogens is 3. The van der Waals surface area contributed by atoms with Gasteiger partial charge < -0.3 is 9.33 Å². The van der Waals surface area contributed by atoms with E-state index in [4.69, 9.17) is 21.1 Å². The third-order valence-corrected chi connectivity index (χ3v) is 13.6. The van der Waals surface area contributed by atoms with Gasteiger partial charge in [-0.05, 0) is 31.0 Å². The summed E-state index contributed by atoms with van der Waals surface area (Å²) in [6.07, 6.45) is 6.58. The highest BCUT2D eigenvalue weighted by Gasteiger charge is 2.44. The molecule has 184 valence electrons. The molecule has 2 fully saturated rings. The molecule has 1 saturated carbocycles. The van der Waals surface area contributed by atoms with Crippen LogP contribution in [0.2, 0.25) is 23.3 Å². The second-order valence-electron chi connectivity index (χ2n) is 11.8. The monoisotopic (exact) mass is 512 g/mol. The Balaban J connectivity index is 1.56. The average Bonchev–Trinajstić information content (AvgIpc) is 2.95. The zero-order valence-electron chi connectivity index (χ0n) is 20.7. The molecule has 2 aromatic rings. The molecule has 10 heteroatoms. The van der Waals surface area contributed by atoms with E-state index >= 15 is 0 Å². The van der Waals surface area contributed by atoms with E-state index in [-0.39, 0.29) is 22.1 Å². The number of nitrogens with zero attached hydrogens (tertiary/aromatic N) is 4. The Kier molecular flexibility index (Phi) is 6.42. The summed E-state index contributed by atoms with van der Waals surface area (Å²) in [6, 6.07) is 1.89. The lowest BCUT2D eigenvalue weighted by Crippen LogP contribution is -2.50. The number of fused-ring (bicyclic) bond motifs is 1. The first kappa shape index (κ1) is 24.9. The van der Waals surface area contributed by atoms with Crippen LogP contribution in [0.5, 0.6) is 0 Å². The standard InChI is InChI=1S/C23H37ClN4O3SSi/c1-22(2,3)33(5,6)31-16-23(8-7-9-23)15-28-19-10-20(24)25-11-18(19)21(26-28)27-12-17(13-27)14-32(4,29)30/h10-11,17H,7-9,12-16H2,1-6H3. The maximum atomic E-state index is 11.6. The van der Waals surface area contributed by atoms with Gasteiger partial charge in [-0.3, -0.25) is 4.68 Å². The predicted octanol–water partition coefficient (Wildman–Crippen LogP) is 4.76. The Morgan fingerprint density at radius 1 is 1.27 bits per heavy atom. The normalized spacial score (nSPS) is 19.5. The Bertz CT molecular complexity index is 1130. The fourth-order valence-electron chi connectivity index (χ4n) is 4.55. The van der Waals surface area contributed by atoms with E-state index in [9.17, 15) is 8.42 Å². The summed E-state index contributed by atoms with van der Waals surface area (Å²) in [4.78, 5) is 6.45. The van der Waals surface area contributed by atoms with Crippen molar-refractivity contribution in [3.63, 3.8) is 0 Å². The van der Waals surface area contributed by atoms with E-state index < -0.39 is 18.2 Å². The lowest BCUT2D eigenvalue weighted by atomic mass is 9.69. The van der Waals surface area contributed by atoms with Crippen molar-refractivity contribution in [3.05, 3.63) is 17.4 Å². The first-order valence-electron chi connectivity index (χ1n) is 11.8. The van der Waals surface area contributed by atoms with Gasteiger partial charge >= 0.3 is 0 Å². The lowest BCUT2D eigenvalue weighted by molar-refractivity contribution is 0.0311. The van der Waals surface area contributed by atoms with Crippen LogP contribution < -0.4 is 4.90 Å². The van der Waals surface area contributed by atoms with Crippen molar-refractivity contribution in [2.45, 2.75) is 64.7 Å². The molecule has 7 nitrogen and oxygen atoms in total. The highest BCUT2D eigenvalue weighted by Crippen LogP contribution is 2.46. The topological polar surface area (TPSA) is 77.3 Å². The molecule has 1 aliphatic heterocycles. The molecule has 1 saturated heterocycles. The van der Waals surface area contributed by atoms with Crippen LogP contribution in [0.15, 0.2) is 12.3 Å². The fourth-order valence-corrected chi connectivity index (χ4v) is 6.87. The van der Waals surface area contributed by atoms with E-state index in [1.165, 1.54) is 12.7 Å². The molecule has 0 radical (unpaired) electrons. The first-order chi connectivity index (χ1) is 15.2. The Hall–Kier alpha value is -1.16. The van der Waals surface area contributed by atoms with E-state index in [1.807, 2.05) is 6.07 Å². The SMILES string of the molecule is CC(C)(C)[Si](C)(C)OCC1(Cn2nc(N3CC(CS(C)(=O)=O)C3)c3cnc(Cl)cc32)CCC1. The fraction of sp³-hybridized carbons (Fsp3) is 0.739. The number of hydrogen-bond acceptors (Lipinski definition) is 6. The number of hydrogen-bond donors (Lipinski definition) is 0. The van der Waals surface area contributed by atoms with Crippen LogP contribution in [0.4, 0.5) is 5.82 Å². The van der Waals surface area contributed by atoms with Crippen LogP contribution in [0, 0.1) is 11.3 Å². The molecular weight excluding hydrogens is 476 g/mol. The van der Waals surface area contributed by atoms with Crippen molar-refractivity contribution >= 4 is 46.5 Å². The summed E-state index contributed by atoms with van der Waals surface area (Å²) < 4.78 is 32.0. The van der Waals surface area contributed by atoms with Crippen LogP contribution in [-0.4, -0.2) is 63.2 Å². The van der Waals surface area contributed by atoms with E-state index in [0.717, 1.165) is 42.7 Å². The van der Waals surface area contributed by atoms with Gasteiger partial charge in [-0.2, -0.15) is 5.10 Å². The second kappa shape index (κ2) is 8.50. The summed E-state index contributed by atoms with van der Waals surface area (Å²) in [5, 5.41) is 6.60. The van der Waals surface area contributed by atoms with Crippen LogP contribution in [0.1, 0.15) is 40.0 Å². The third-order valence-electron chi connectivity index (χ3n) is 7.82. The van der Waals surface area contributed by atoms with E-state index in [2.05, 4.69) is 48.4 Å². The maximum absolute atomic E-state index is 11.6. The molecule has 0 atom stereocenters. The number of anilines is 1. The number of pyridine rings is 1. The van der Waals surface area contributed by atoms with Crippen molar-refractivity contribution < 1.29 is 12.8 Å². The number of halogens is 1. The van der Waals surface area contributed by atoms with Gasteiger partial charge in [0, 0.05) is 56.1 Å². The van der Waals surface area contributed by atoms with Gasteiger partial charge in [0.15, 0.2) is 14.1 Å². The molecule has 2 aromatic heterocycles. The summed E-state index contributed by atoms with van der Waals surface area (Å²) in [7, 11) is -4.81. The summed E-state index contributed by atoms with van der Waals surface area (Å²) >= 11 is 6.26. The van der Waals surface area contributed by atoms with E-state index in [1.54, 1.807) is 6.20 Å². The molecule has 0 amide bonds. The largest absolute Gasteiger partial charge is 0.416 e. The number of rotatable bonds is 8. The molecule has 0 bridgehead atoms.